The Morgan fingerprint density at radius 1 is 1.03 bits per heavy atom. The number of nitrogens with one attached hydrogen (secondary N) is 2. The fraction of sp³-hybridized carbons (Fsp3) is 0.0909. The van der Waals surface area contributed by atoms with E-state index in [0.29, 0.717) is 22.6 Å². The number of sulfonamides is 1. The highest BCUT2D eigenvalue weighted by molar-refractivity contribution is 7.92. The molecule has 33 heavy (non-hydrogen) atoms. The van der Waals surface area contributed by atoms with Gasteiger partial charge in [0.05, 0.1) is 17.6 Å². The van der Waals surface area contributed by atoms with Crippen LogP contribution >= 0.6 is 0 Å². The summed E-state index contributed by atoms with van der Waals surface area (Å²) in [5.74, 6) is -0.587. The van der Waals surface area contributed by atoms with Crippen LogP contribution in [0, 0.1) is 6.92 Å². The summed E-state index contributed by atoms with van der Waals surface area (Å²) in [4.78, 5) is 24.1. The van der Waals surface area contributed by atoms with Crippen LogP contribution < -0.4 is 14.8 Å². The number of carbonyl (C=O) groups is 1. The molecule has 2 aromatic heterocycles. The van der Waals surface area contributed by atoms with Gasteiger partial charge in [0, 0.05) is 18.0 Å². The van der Waals surface area contributed by atoms with Crippen molar-refractivity contribution in [2.45, 2.75) is 11.8 Å². The highest BCUT2D eigenvalue weighted by atomic mass is 32.2. The van der Waals surface area contributed by atoms with E-state index >= 15 is 0 Å². The first-order valence-corrected chi connectivity index (χ1v) is 11.2. The third-order valence-corrected chi connectivity index (χ3v) is 6.10. The maximum atomic E-state index is 13.0. The average Bonchev–Trinajstić information content (AvgIpc) is 2.80. The smallest absolute Gasteiger partial charge is 0.335 e. The predicted octanol–water partition coefficient (Wildman–Crippen LogP) is 3.58. The first-order valence-electron chi connectivity index (χ1n) is 9.67. The fourth-order valence-electron chi connectivity index (χ4n) is 3.03. The number of aryl methyl sites for hydroxylation is 1. The first-order chi connectivity index (χ1) is 15.8. The molecule has 0 spiro atoms. The van der Waals surface area contributed by atoms with Gasteiger partial charge >= 0.3 is 5.97 Å². The largest absolute Gasteiger partial charge is 0.497 e. The van der Waals surface area contributed by atoms with Crippen molar-refractivity contribution in [2.75, 3.05) is 17.1 Å². The van der Waals surface area contributed by atoms with Crippen molar-refractivity contribution in [3.63, 3.8) is 0 Å². The normalized spacial score (nSPS) is 11.2. The van der Waals surface area contributed by atoms with Crippen molar-refractivity contribution >= 4 is 44.5 Å². The first kappa shape index (κ1) is 22.0. The maximum absolute atomic E-state index is 13.0. The molecule has 0 saturated carbocycles. The lowest BCUT2D eigenvalue weighted by atomic mass is 10.2. The molecule has 0 fully saturated rings. The molecule has 0 unspecified atom stereocenters. The highest BCUT2D eigenvalue weighted by Crippen LogP contribution is 2.30. The summed E-state index contributed by atoms with van der Waals surface area (Å²) in [6.07, 6.45) is 1.55. The zero-order valence-electron chi connectivity index (χ0n) is 17.6. The lowest BCUT2D eigenvalue weighted by Crippen LogP contribution is -2.16. The number of aromatic carboxylic acids is 1. The van der Waals surface area contributed by atoms with Crippen molar-refractivity contribution in [3.05, 3.63) is 71.9 Å². The Hall–Kier alpha value is -4.25. The van der Waals surface area contributed by atoms with Gasteiger partial charge in [0.15, 0.2) is 17.3 Å². The molecule has 0 aliphatic rings. The van der Waals surface area contributed by atoms with Gasteiger partial charge in [-0.1, -0.05) is 12.1 Å². The molecule has 2 aromatic carbocycles. The minimum atomic E-state index is -4.18. The lowest BCUT2D eigenvalue weighted by molar-refractivity contribution is 0.0696. The Morgan fingerprint density at radius 3 is 2.61 bits per heavy atom. The molecule has 0 bridgehead atoms. The van der Waals surface area contributed by atoms with Crippen LogP contribution in [0.2, 0.25) is 0 Å². The molecule has 4 rings (SSSR count). The van der Waals surface area contributed by atoms with Crippen LogP contribution in [0.1, 0.15) is 15.9 Å². The number of fused-ring (bicyclic) bond motifs is 1. The number of hydrogen-bond acceptors (Lipinski definition) is 8. The summed E-state index contributed by atoms with van der Waals surface area (Å²) in [6.45, 7) is 1.87. The van der Waals surface area contributed by atoms with E-state index in [0.717, 1.165) is 11.6 Å². The number of ether oxygens (including phenoxy) is 1. The Labute approximate surface area is 189 Å². The minimum absolute atomic E-state index is 0.0709. The minimum Gasteiger partial charge on any atom is -0.497 e. The fourth-order valence-corrected chi connectivity index (χ4v) is 4.08. The molecule has 4 aromatic rings. The number of methoxy groups -OCH3 is 1. The SMILES string of the molecule is COc1ccc(C)c(Nc2nc3ncccc3nc2NS(=O)(=O)c2cccc(C(=O)O)c2)c1. The number of carboxylic acid groups (broad SMARTS) is 1. The van der Waals surface area contributed by atoms with E-state index in [1.807, 2.05) is 13.0 Å². The summed E-state index contributed by atoms with van der Waals surface area (Å²) in [7, 11) is -2.64. The number of anilines is 3. The summed E-state index contributed by atoms with van der Waals surface area (Å²) < 4.78 is 33.8. The van der Waals surface area contributed by atoms with E-state index < -0.39 is 16.0 Å². The van der Waals surface area contributed by atoms with Crippen LogP contribution in [0.3, 0.4) is 0 Å². The monoisotopic (exact) mass is 465 g/mol. The molecule has 3 N–H and O–H groups in total. The summed E-state index contributed by atoms with van der Waals surface area (Å²) >= 11 is 0. The summed E-state index contributed by atoms with van der Waals surface area (Å²) in [6, 6.07) is 13.7. The van der Waals surface area contributed by atoms with Crippen molar-refractivity contribution < 1.29 is 23.1 Å². The molecular weight excluding hydrogens is 446 g/mol. The number of aromatic nitrogens is 3. The van der Waals surface area contributed by atoms with E-state index in [2.05, 4.69) is 25.0 Å². The molecule has 0 radical (unpaired) electrons. The van der Waals surface area contributed by atoms with Crippen LogP contribution in [0.5, 0.6) is 5.75 Å². The number of pyridine rings is 1. The van der Waals surface area contributed by atoms with E-state index in [4.69, 9.17) is 4.74 Å². The topological polar surface area (TPSA) is 143 Å². The highest BCUT2D eigenvalue weighted by Gasteiger charge is 2.21. The Kier molecular flexibility index (Phi) is 5.80. The zero-order chi connectivity index (χ0) is 23.6. The second-order valence-corrected chi connectivity index (χ2v) is 8.69. The molecule has 0 aliphatic heterocycles. The van der Waals surface area contributed by atoms with Crippen LogP contribution in [0.4, 0.5) is 17.3 Å². The van der Waals surface area contributed by atoms with E-state index in [1.165, 1.54) is 18.2 Å². The van der Waals surface area contributed by atoms with Crippen LogP contribution in [0.25, 0.3) is 11.2 Å². The van der Waals surface area contributed by atoms with Crippen LogP contribution in [0.15, 0.2) is 65.7 Å². The van der Waals surface area contributed by atoms with Gasteiger partial charge in [-0.15, -0.1) is 0 Å². The van der Waals surface area contributed by atoms with Crippen molar-refractivity contribution in [3.8, 4) is 5.75 Å². The van der Waals surface area contributed by atoms with E-state index in [-0.39, 0.29) is 22.1 Å². The number of benzene rings is 2. The molecular formula is C22H19N5O5S. The van der Waals surface area contributed by atoms with Crippen LogP contribution in [-0.4, -0.2) is 41.6 Å². The second kappa shape index (κ2) is 8.71. The number of rotatable bonds is 7. The molecule has 2 heterocycles. The third kappa shape index (κ3) is 4.67. The number of hydrogen-bond donors (Lipinski definition) is 3. The summed E-state index contributed by atoms with van der Waals surface area (Å²) in [5, 5.41) is 12.3. The standard InChI is InChI=1S/C22H19N5O5S/c1-13-8-9-15(32-2)12-18(13)25-20-21(24-17-7-4-10-23-19(17)26-20)27-33(30,31)16-6-3-5-14(11-16)22(28)29/h3-12H,1-2H3,(H,24,27)(H,28,29)(H,23,25,26). The molecule has 0 saturated heterocycles. The molecule has 0 atom stereocenters. The summed E-state index contributed by atoms with van der Waals surface area (Å²) in [5.41, 5.74) is 2.03. The molecule has 0 amide bonds. The van der Waals surface area contributed by atoms with Gasteiger partial charge in [-0.3, -0.25) is 4.72 Å². The van der Waals surface area contributed by atoms with E-state index in [9.17, 15) is 18.3 Å². The van der Waals surface area contributed by atoms with Crippen LogP contribution in [-0.2, 0) is 10.0 Å². The van der Waals surface area contributed by atoms with Gasteiger partial charge < -0.3 is 15.2 Å². The van der Waals surface area contributed by atoms with Gasteiger partial charge in [0.1, 0.15) is 11.3 Å². The zero-order valence-corrected chi connectivity index (χ0v) is 18.4. The maximum Gasteiger partial charge on any atom is 0.335 e. The Bertz CT molecular complexity index is 1470. The number of nitrogens with zero attached hydrogens (tertiary/aromatic N) is 3. The second-order valence-electron chi connectivity index (χ2n) is 7.01. The van der Waals surface area contributed by atoms with Gasteiger partial charge in [-0.2, -0.15) is 0 Å². The van der Waals surface area contributed by atoms with E-state index in [1.54, 1.807) is 37.6 Å². The molecule has 10 nitrogen and oxygen atoms in total. The van der Waals surface area contributed by atoms with Gasteiger partial charge in [-0.05, 0) is 48.9 Å². The third-order valence-electron chi connectivity index (χ3n) is 4.76. The average molecular weight is 465 g/mol. The lowest BCUT2D eigenvalue weighted by Gasteiger charge is -2.15. The molecule has 168 valence electrons. The van der Waals surface area contributed by atoms with Gasteiger partial charge in [0.25, 0.3) is 10.0 Å². The van der Waals surface area contributed by atoms with Gasteiger partial charge in [0.2, 0.25) is 0 Å². The Balaban J connectivity index is 1.80. The van der Waals surface area contributed by atoms with Crippen molar-refractivity contribution in [1.82, 2.24) is 15.0 Å². The quantitative estimate of drug-likeness (QED) is 0.373. The Morgan fingerprint density at radius 2 is 1.85 bits per heavy atom. The number of carboxylic acids is 1. The van der Waals surface area contributed by atoms with Crippen molar-refractivity contribution in [2.24, 2.45) is 0 Å². The molecule has 11 heteroatoms. The van der Waals surface area contributed by atoms with Crippen molar-refractivity contribution in [1.29, 1.82) is 0 Å². The molecule has 0 aliphatic carbocycles. The predicted molar refractivity (Wildman–Crippen MR) is 123 cm³/mol. The van der Waals surface area contributed by atoms with Gasteiger partial charge in [-0.25, -0.2) is 28.2 Å².